The largest absolute Gasteiger partial charge is 0.384 e. The van der Waals surface area contributed by atoms with E-state index in [9.17, 15) is 4.79 Å². The van der Waals surface area contributed by atoms with Gasteiger partial charge in [-0.1, -0.05) is 0 Å². The molecule has 4 aliphatic rings. The SMILES string of the molecule is Cn1cc(N)n(C23CC4CC(CC(C4)C2)C3)c1=O. The third kappa shape index (κ3) is 1.24. The second-order valence-electron chi connectivity index (χ2n) is 6.92. The molecule has 0 atom stereocenters. The maximum Gasteiger partial charge on any atom is 0.330 e. The summed E-state index contributed by atoms with van der Waals surface area (Å²) in [4.78, 5) is 12.4. The fraction of sp³-hybridized carbons (Fsp3) is 0.786. The highest BCUT2D eigenvalue weighted by Crippen LogP contribution is 2.58. The van der Waals surface area contributed by atoms with Crippen LogP contribution in [0.3, 0.4) is 0 Å². The highest BCUT2D eigenvalue weighted by molar-refractivity contribution is 5.29. The van der Waals surface area contributed by atoms with Crippen LogP contribution in [0, 0.1) is 17.8 Å². The minimum absolute atomic E-state index is 0.0528. The zero-order valence-corrected chi connectivity index (χ0v) is 10.9. The number of anilines is 1. The Morgan fingerprint density at radius 2 is 1.67 bits per heavy atom. The smallest absolute Gasteiger partial charge is 0.330 e. The van der Waals surface area contributed by atoms with Crippen LogP contribution in [-0.2, 0) is 12.6 Å². The molecule has 98 valence electrons. The van der Waals surface area contributed by atoms with Gasteiger partial charge in [-0.05, 0) is 56.3 Å². The molecule has 0 spiro atoms. The van der Waals surface area contributed by atoms with Crippen molar-refractivity contribution in [3.63, 3.8) is 0 Å². The number of imidazole rings is 1. The fourth-order valence-electron chi connectivity index (χ4n) is 5.40. The van der Waals surface area contributed by atoms with Gasteiger partial charge in [-0.3, -0.25) is 4.57 Å². The van der Waals surface area contributed by atoms with Gasteiger partial charge in [0.2, 0.25) is 0 Å². The van der Waals surface area contributed by atoms with Gasteiger partial charge in [-0.15, -0.1) is 0 Å². The lowest BCUT2D eigenvalue weighted by Gasteiger charge is -2.57. The lowest BCUT2D eigenvalue weighted by Crippen LogP contribution is -2.54. The van der Waals surface area contributed by atoms with Crippen LogP contribution in [0.5, 0.6) is 0 Å². The molecule has 4 heteroatoms. The van der Waals surface area contributed by atoms with Crippen molar-refractivity contribution in [3.8, 4) is 0 Å². The van der Waals surface area contributed by atoms with E-state index in [0.29, 0.717) is 5.82 Å². The molecule has 0 radical (unpaired) electrons. The van der Waals surface area contributed by atoms with Crippen molar-refractivity contribution in [2.75, 3.05) is 5.73 Å². The van der Waals surface area contributed by atoms with Crippen molar-refractivity contribution in [2.45, 2.75) is 44.1 Å². The molecule has 0 aromatic carbocycles. The molecule has 0 amide bonds. The van der Waals surface area contributed by atoms with E-state index in [1.54, 1.807) is 17.8 Å². The minimum atomic E-state index is 0.0528. The van der Waals surface area contributed by atoms with Gasteiger partial charge in [-0.25, -0.2) is 4.79 Å². The van der Waals surface area contributed by atoms with Crippen LogP contribution in [0.1, 0.15) is 38.5 Å². The van der Waals surface area contributed by atoms with Gasteiger partial charge < -0.3 is 10.3 Å². The van der Waals surface area contributed by atoms with Crippen molar-refractivity contribution >= 4 is 5.82 Å². The van der Waals surface area contributed by atoms with Gasteiger partial charge in [0, 0.05) is 13.2 Å². The molecule has 4 aliphatic carbocycles. The third-order valence-corrected chi connectivity index (χ3v) is 5.56. The number of rotatable bonds is 1. The van der Waals surface area contributed by atoms with Crippen LogP contribution in [0.2, 0.25) is 0 Å². The maximum absolute atomic E-state index is 12.4. The molecule has 0 saturated heterocycles. The monoisotopic (exact) mass is 247 g/mol. The van der Waals surface area contributed by atoms with Crippen LogP contribution >= 0.6 is 0 Å². The summed E-state index contributed by atoms with van der Waals surface area (Å²) in [5.41, 5.74) is 6.24. The number of nitrogen functional groups attached to an aromatic ring is 1. The Labute approximate surface area is 107 Å². The van der Waals surface area contributed by atoms with Crippen molar-refractivity contribution < 1.29 is 0 Å². The van der Waals surface area contributed by atoms with Gasteiger partial charge in [0.25, 0.3) is 0 Å². The van der Waals surface area contributed by atoms with Crippen LogP contribution in [0.4, 0.5) is 5.82 Å². The standard InChI is InChI=1S/C14H21N3O/c1-16-8-12(15)17(13(16)18)14-5-9-2-10(6-14)4-11(3-9)7-14/h8-11H,2-7,15H2,1H3. The highest BCUT2D eigenvalue weighted by Gasteiger charge is 2.53. The van der Waals surface area contributed by atoms with Gasteiger partial charge in [0.1, 0.15) is 5.82 Å². The predicted octanol–water partition coefficient (Wildman–Crippen LogP) is 1.69. The zero-order valence-electron chi connectivity index (χ0n) is 10.9. The first kappa shape index (κ1) is 10.7. The molecule has 0 aliphatic heterocycles. The average molecular weight is 247 g/mol. The molecule has 5 rings (SSSR count). The second-order valence-corrected chi connectivity index (χ2v) is 6.92. The summed E-state index contributed by atoms with van der Waals surface area (Å²) < 4.78 is 3.56. The van der Waals surface area contributed by atoms with Crippen LogP contribution in [0.15, 0.2) is 11.0 Å². The zero-order chi connectivity index (χ0) is 12.5. The van der Waals surface area contributed by atoms with E-state index in [4.69, 9.17) is 5.73 Å². The predicted molar refractivity (Wildman–Crippen MR) is 70.2 cm³/mol. The number of aromatic nitrogens is 2. The molecule has 4 bridgehead atoms. The number of aryl methyl sites for hydroxylation is 1. The van der Waals surface area contributed by atoms with Gasteiger partial charge >= 0.3 is 5.69 Å². The lowest BCUT2D eigenvalue weighted by molar-refractivity contribution is -0.0438. The Balaban J connectivity index is 1.86. The van der Waals surface area contributed by atoms with E-state index in [1.165, 1.54) is 38.5 Å². The van der Waals surface area contributed by atoms with Gasteiger partial charge in [0.05, 0.1) is 5.54 Å². The summed E-state index contributed by atoms with van der Waals surface area (Å²) in [6.45, 7) is 0. The first-order valence-corrected chi connectivity index (χ1v) is 7.12. The lowest BCUT2D eigenvalue weighted by atomic mass is 9.53. The fourth-order valence-corrected chi connectivity index (χ4v) is 5.40. The molecule has 1 aromatic rings. The van der Waals surface area contributed by atoms with E-state index in [0.717, 1.165) is 17.8 Å². The van der Waals surface area contributed by atoms with E-state index in [1.807, 2.05) is 4.57 Å². The van der Waals surface area contributed by atoms with Gasteiger partial charge in [-0.2, -0.15) is 0 Å². The quantitative estimate of drug-likeness (QED) is 0.821. The number of nitrogens with two attached hydrogens (primary N) is 1. The van der Waals surface area contributed by atoms with Crippen molar-refractivity contribution in [2.24, 2.45) is 24.8 Å². The van der Waals surface area contributed by atoms with E-state index in [-0.39, 0.29) is 11.2 Å². The molecular weight excluding hydrogens is 226 g/mol. The number of hydrogen-bond donors (Lipinski definition) is 1. The number of nitrogens with zero attached hydrogens (tertiary/aromatic N) is 2. The molecule has 1 aromatic heterocycles. The van der Waals surface area contributed by atoms with Crippen molar-refractivity contribution in [3.05, 3.63) is 16.7 Å². The van der Waals surface area contributed by atoms with Crippen molar-refractivity contribution in [1.82, 2.24) is 9.13 Å². The highest BCUT2D eigenvalue weighted by atomic mass is 16.1. The molecule has 4 nitrogen and oxygen atoms in total. The summed E-state index contributed by atoms with van der Waals surface area (Å²) in [6.07, 6.45) is 9.47. The Morgan fingerprint density at radius 1 is 1.17 bits per heavy atom. The first-order chi connectivity index (χ1) is 8.57. The van der Waals surface area contributed by atoms with Crippen LogP contribution in [0.25, 0.3) is 0 Å². The normalized spacial score (nSPS) is 41.5. The Morgan fingerprint density at radius 3 is 2.06 bits per heavy atom. The first-order valence-electron chi connectivity index (χ1n) is 7.12. The third-order valence-electron chi connectivity index (χ3n) is 5.56. The molecule has 1 heterocycles. The molecule has 4 saturated carbocycles. The van der Waals surface area contributed by atoms with E-state index < -0.39 is 0 Å². The molecule has 2 N–H and O–H groups in total. The Hall–Kier alpha value is -1.19. The second kappa shape index (κ2) is 3.22. The minimum Gasteiger partial charge on any atom is -0.384 e. The maximum atomic E-state index is 12.4. The average Bonchev–Trinajstić information content (AvgIpc) is 2.51. The van der Waals surface area contributed by atoms with Crippen LogP contribution < -0.4 is 11.4 Å². The Bertz CT molecular complexity index is 519. The van der Waals surface area contributed by atoms with E-state index >= 15 is 0 Å². The Kier molecular flexibility index (Phi) is 1.92. The molecule has 18 heavy (non-hydrogen) atoms. The summed E-state index contributed by atoms with van der Waals surface area (Å²) in [7, 11) is 1.80. The summed E-state index contributed by atoms with van der Waals surface area (Å²) in [5.74, 6) is 3.16. The summed E-state index contributed by atoms with van der Waals surface area (Å²) in [5, 5.41) is 0. The molecule has 4 fully saturated rings. The van der Waals surface area contributed by atoms with Gasteiger partial charge in [0.15, 0.2) is 0 Å². The topological polar surface area (TPSA) is 52.9 Å². The van der Waals surface area contributed by atoms with E-state index in [2.05, 4.69) is 0 Å². The van der Waals surface area contributed by atoms with Crippen molar-refractivity contribution in [1.29, 1.82) is 0 Å². The summed E-state index contributed by atoms with van der Waals surface area (Å²) in [6, 6.07) is 0. The van der Waals surface area contributed by atoms with Crippen LogP contribution in [-0.4, -0.2) is 9.13 Å². The molecular formula is C14H21N3O. The summed E-state index contributed by atoms with van der Waals surface area (Å²) >= 11 is 0. The number of hydrogen-bond acceptors (Lipinski definition) is 2. The molecule has 0 unspecified atom stereocenters.